The molecule has 1 atom stereocenters. The summed E-state index contributed by atoms with van der Waals surface area (Å²) in [4.78, 5) is 12.1. The number of hydrogen-bond acceptors (Lipinski definition) is 3. The first-order chi connectivity index (χ1) is 12.2. The zero-order valence-electron chi connectivity index (χ0n) is 14.7. The highest BCUT2D eigenvalue weighted by molar-refractivity contribution is 5.78. The van der Waals surface area contributed by atoms with Gasteiger partial charge in [0.05, 0.1) is 12.5 Å². The Bertz CT molecular complexity index is 691. The Balaban J connectivity index is 1.43. The van der Waals surface area contributed by atoms with Crippen LogP contribution in [0.15, 0.2) is 48.5 Å². The fourth-order valence-electron chi connectivity index (χ4n) is 2.91. The van der Waals surface area contributed by atoms with Crippen molar-refractivity contribution in [1.29, 1.82) is 0 Å². The van der Waals surface area contributed by atoms with Crippen LogP contribution in [0.3, 0.4) is 0 Å². The number of amides is 1. The topological polar surface area (TPSA) is 47.6 Å². The molecular weight excluding hydrogens is 314 g/mol. The van der Waals surface area contributed by atoms with Gasteiger partial charge in [-0.2, -0.15) is 0 Å². The highest BCUT2D eigenvalue weighted by atomic mass is 16.5. The lowest BCUT2D eigenvalue weighted by atomic mass is 10.1. The monoisotopic (exact) mass is 339 g/mol. The molecule has 0 aliphatic carbocycles. The van der Waals surface area contributed by atoms with Crippen molar-refractivity contribution in [2.75, 3.05) is 13.2 Å². The second-order valence-corrected chi connectivity index (χ2v) is 6.47. The number of benzene rings is 2. The minimum atomic E-state index is 0.0352. The summed E-state index contributed by atoms with van der Waals surface area (Å²) in [6, 6.07) is 15.8. The van der Waals surface area contributed by atoms with E-state index in [1.165, 1.54) is 0 Å². The van der Waals surface area contributed by atoms with E-state index in [9.17, 15) is 4.79 Å². The fraction of sp³-hybridized carbons (Fsp3) is 0.381. The van der Waals surface area contributed by atoms with Gasteiger partial charge in [0.1, 0.15) is 12.4 Å². The predicted molar refractivity (Wildman–Crippen MR) is 97.6 cm³/mol. The third-order valence-corrected chi connectivity index (χ3v) is 4.49. The molecule has 1 amide bonds. The Labute approximate surface area is 149 Å². The molecule has 0 unspecified atom stereocenters. The van der Waals surface area contributed by atoms with Crippen molar-refractivity contribution < 1.29 is 14.3 Å². The van der Waals surface area contributed by atoms with Crippen molar-refractivity contribution in [3.05, 3.63) is 65.2 Å². The maximum absolute atomic E-state index is 12.1. The van der Waals surface area contributed by atoms with Gasteiger partial charge in [0.25, 0.3) is 0 Å². The van der Waals surface area contributed by atoms with E-state index in [0.717, 1.165) is 41.9 Å². The van der Waals surface area contributed by atoms with Crippen molar-refractivity contribution in [3.63, 3.8) is 0 Å². The third-order valence-electron chi connectivity index (χ3n) is 4.49. The first-order valence-corrected chi connectivity index (χ1v) is 8.85. The summed E-state index contributed by atoms with van der Waals surface area (Å²) in [5.41, 5.74) is 3.27. The SMILES string of the molecule is Cc1ccccc1CC(=O)NCc1ccc(OC[C@H]2CCCO2)cc1. The maximum Gasteiger partial charge on any atom is 0.224 e. The van der Waals surface area contributed by atoms with Crippen LogP contribution in [0.4, 0.5) is 0 Å². The smallest absolute Gasteiger partial charge is 0.224 e. The molecule has 4 nitrogen and oxygen atoms in total. The summed E-state index contributed by atoms with van der Waals surface area (Å²) >= 11 is 0. The summed E-state index contributed by atoms with van der Waals surface area (Å²) in [6.07, 6.45) is 2.83. The van der Waals surface area contributed by atoms with Crippen LogP contribution in [0.2, 0.25) is 0 Å². The van der Waals surface area contributed by atoms with Crippen molar-refractivity contribution in [2.45, 2.75) is 38.8 Å². The predicted octanol–water partition coefficient (Wildman–Crippen LogP) is 3.41. The van der Waals surface area contributed by atoms with Gasteiger partial charge in [0.2, 0.25) is 5.91 Å². The van der Waals surface area contributed by atoms with Crippen molar-refractivity contribution >= 4 is 5.91 Å². The van der Waals surface area contributed by atoms with E-state index in [1.807, 2.05) is 55.5 Å². The van der Waals surface area contributed by atoms with Crippen LogP contribution in [0.1, 0.15) is 29.5 Å². The second kappa shape index (κ2) is 8.67. The minimum absolute atomic E-state index is 0.0352. The number of nitrogens with one attached hydrogen (secondary N) is 1. The molecule has 1 aliphatic heterocycles. The van der Waals surface area contributed by atoms with E-state index in [0.29, 0.717) is 19.6 Å². The van der Waals surface area contributed by atoms with Gasteiger partial charge in [0, 0.05) is 13.2 Å². The summed E-state index contributed by atoms with van der Waals surface area (Å²) in [5, 5.41) is 2.97. The van der Waals surface area contributed by atoms with Crippen LogP contribution >= 0.6 is 0 Å². The Kier molecular flexibility index (Phi) is 6.07. The van der Waals surface area contributed by atoms with E-state index >= 15 is 0 Å². The molecule has 2 aromatic rings. The molecule has 0 radical (unpaired) electrons. The van der Waals surface area contributed by atoms with Crippen molar-refractivity contribution in [3.8, 4) is 5.75 Å². The van der Waals surface area contributed by atoms with Crippen LogP contribution in [0, 0.1) is 6.92 Å². The third kappa shape index (κ3) is 5.33. The van der Waals surface area contributed by atoms with Gasteiger partial charge in [-0.3, -0.25) is 4.79 Å². The largest absolute Gasteiger partial charge is 0.491 e. The number of carbonyl (C=O) groups excluding carboxylic acids is 1. The van der Waals surface area contributed by atoms with Gasteiger partial charge in [-0.25, -0.2) is 0 Å². The van der Waals surface area contributed by atoms with Crippen molar-refractivity contribution in [1.82, 2.24) is 5.32 Å². The average Bonchev–Trinajstić information content (AvgIpc) is 3.15. The molecule has 132 valence electrons. The van der Waals surface area contributed by atoms with Crippen LogP contribution in [0.25, 0.3) is 0 Å². The zero-order valence-corrected chi connectivity index (χ0v) is 14.7. The second-order valence-electron chi connectivity index (χ2n) is 6.47. The van der Waals surface area contributed by atoms with Crippen molar-refractivity contribution in [2.24, 2.45) is 0 Å². The standard InChI is InChI=1S/C21H25NO3/c1-16-5-2-3-6-18(16)13-21(23)22-14-17-8-10-19(11-9-17)25-15-20-7-4-12-24-20/h2-3,5-6,8-11,20H,4,7,12-15H2,1H3,(H,22,23)/t20-/m1/s1. The lowest BCUT2D eigenvalue weighted by Crippen LogP contribution is -2.24. The highest BCUT2D eigenvalue weighted by Crippen LogP contribution is 2.16. The van der Waals surface area contributed by atoms with Gasteiger partial charge >= 0.3 is 0 Å². The Morgan fingerprint density at radius 2 is 2.00 bits per heavy atom. The summed E-state index contributed by atoms with van der Waals surface area (Å²) in [7, 11) is 0. The van der Waals surface area contributed by atoms with E-state index in [4.69, 9.17) is 9.47 Å². The molecule has 1 heterocycles. The first-order valence-electron chi connectivity index (χ1n) is 8.85. The molecule has 3 rings (SSSR count). The molecule has 1 N–H and O–H groups in total. The summed E-state index contributed by atoms with van der Waals surface area (Å²) in [5.74, 6) is 0.874. The molecule has 1 aliphatic rings. The quantitative estimate of drug-likeness (QED) is 0.841. The lowest BCUT2D eigenvalue weighted by Gasteiger charge is -2.12. The highest BCUT2D eigenvalue weighted by Gasteiger charge is 2.15. The van der Waals surface area contributed by atoms with Crippen LogP contribution in [0.5, 0.6) is 5.75 Å². The molecule has 0 spiro atoms. The number of rotatable bonds is 7. The average molecular weight is 339 g/mol. The summed E-state index contributed by atoms with van der Waals surface area (Å²) in [6.45, 7) is 4.00. The molecule has 0 saturated carbocycles. The normalized spacial score (nSPS) is 16.6. The Morgan fingerprint density at radius 1 is 1.20 bits per heavy atom. The molecule has 4 heteroatoms. The van der Waals surface area contributed by atoms with Gasteiger partial charge < -0.3 is 14.8 Å². The van der Waals surface area contributed by atoms with Crippen LogP contribution < -0.4 is 10.1 Å². The minimum Gasteiger partial charge on any atom is -0.491 e. The van der Waals surface area contributed by atoms with Gasteiger partial charge in [-0.15, -0.1) is 0 Å². The molecule has 0 bridgehead atoms. The van der Waals surface area contributed by atoms with Crippen LogP contribution in [-0.2, 0) is 22.5 Å². The van der Waals surface area contributed by atoms with Crippen LogP contribution in [-0.4, -0.2) is 25.2 Å². The van der Waals surface area contributed by atoms with E-state index < -0.39 is 0 Å². The van der Waals surface area contributed by atoms with Gasteiger partial charge in [-0.05, 0) is 48.6 Å². The van der Waals surface area contributed by atoms with E-state index in [1.54, 1.807) is 0 Å². The lowest BCUT2D eigenvalue weighted by molar-refractivity contribution is -0.120. The molecule has 2 aromatic carbocycles. The zero-order chi connectivity index (χ0) is 17.5. The number of carbonyl (C=O) groups is 1. The first kappa shape index (κ1) is 17.5. The molecule has 1 fully saturated rings. The molecule has 1 saturated heterocycles. The fourth-order valence-corrected chi connectivity index (χ4v) is 2.91. The Morgan fingerprint density at radius 3 is 2.72 bits per heavy atom. The van der Waals surface area contributed by atoms with E-state index in [2.05, 4.69) is 5.32 Å². The maximum atomic E-state index is 12.1. The Hall–Kier alpha value is -2.33. The molecule has 0 aromatic heterocycles. The van der Waals surface area contributed by atoms with E-state index in [-0.39, 0.29) is 12.0 Å². The number of ether oxygens (including phenoxy) is 2. The molecular formula is C21H25NO3. The van der Waals surface area contributed by atoms with Gasteiger partial charge in [-0.1, -0.05) is 36.4 Å². The molecule has 25 heavy (non-hydrogen) atoms. The summed E-state index contributed by atoms with van der Waals surface area (Å²) < 4.78 is 11.3. The number of hydrogen-bond donors (Lipinski definition) is 1. The number of aryl methyl sites for hydroxylation is 1. The van der Waals surface area contributed by atoms with Gasteiger partial charge in [0.15, 0.2) is 0 Å².